The van der Waals surface area contributed by atoms with Gasteiger partial charge in [0, 0.05) is 13.1 Å². The summed E-state index contributed by atoms with van der Waals surface area (Å²) >= 11 is 0. The van der Waals surface area contributed by atoms with Crippen molar-refractivity contribution in [3.63, 3.8) is 0 Å². The molecule has 1 aliphatic heterocycles. The molecule has 0 unspecified atom stereocenters. The highest BCUT2D eigenvalue weighted by atomic mass is 28.3. The highest BCUT2D eigenvalue weighted by molar-refractivity contribution is 6.48. The van der Waals surface area contributed by atoms with E-state index in [1.54, 1.807) is 0 Å². The summed E-state index contributed by atoms with van der Waals surface area (Å²) in [5.74, 6) is 0.871. The summed E-state index contributed by atoms with van der Waals surface area (Å²) < 4.78 is 5.82. The van der Waals surface area contributed by atoms with Crippen molar-refractivity contribution in [1.82, 2.24) is 5.06 Å². The van der Waals surface area contributed by atoms with Crippen LogP contribution in [0.3, 0.4) is 0 Å². The standard InChI is InChI=1S/C11H25NOSi/c1-11(2,3)10-6-8-12(9-7-10)13-14(4)5/h10,14H,6-9H2,1-5H3. The number of nitrogens with zero attached hydrogens (tertiary/aromatic N) is 1. The van der Waals surface area contributed by atoms with Crippen LogP contribution in [0, 0.1) is 11.3 Å². The lowest BCUT2D eigenvalue weighted by Gasteiger charge is -2.38. The summed E-state index contributed by atoms with van der Waals surface area (Å²) in [6.45, 7) is 13.8. The summed E-state index contributed by atoms with van der Waals surface area (Å²) in [6, 6.07) is 0. The monoisotopic (exact) mass is 215 g/mol. The topological polar surface area (TPSA) is 12.5 Å². The Bertz CT molecular complexity index is 169. The lowest BCUT2D eigenvalue weighted by atomic mass is 9.75. The fourth-order valence-corrected chi connectivity index (χ4v) is 2.93. The van der Waals surface area contributed by atoms with Crippen LogP contribution in [0.1, 0.15) is 33.6 Å². The molecule has 1 aliphatic rings. The van der Waals surface area contributed by atoms with Crippen molar-refractivity contribution >= 4 is 9.04 Å². The van der Waals surface area contributed by atoms with E-state index in [0.717, 1.165) is 19.0 Å². The summed E-state index contributed by atoms with van der Waals surface area (Å²) in [4.78, 5) is 0. The van der Waals surface area contributed by atoms with Gasteiger partial charge in [0.1, 0.15) is 0 Å². The van der Waals surface area contributed by atoms with E-state index in [1.165, 1.54) is 12.8 Å². The van der Waals surface area contributed by atoms with Crippen molar-refractivity contribution in [1.29, 1.82) is 0 Å². The number of piperidine rings is 1. The first kappa shape index (κ1) is 12.2. The smallest absolute Gasteiger partial charge is 0.199 e. The van der Waals surface area contributed by atoms with Gasteiger partial charge in [0.2, 0.25) is 0 Å². The van der Waals surface area contributed by atoms with E-state index in [4.69, 9.17) is 4.53 Å². The Morgan fingerprint density at radius 3 is 2.00 bits per heavy atom. The van der Waals surface area contributed by atoms with Crippen LogP contribution in [0.5, 0.6) is 0 Å². The van der Waals surface area contributed by atoms with Gasteiger partial charge in [-0.3, -0.25) is 0 Å². The Hall–Kier alpha value is 0.137. The number of hydrogen-bond acceptors (Lipinski definition) is 2. The van der Waals surface area contributed by atoms with Crippen LogP contribution in [0.25, 0.3) is 0 Å². The van der Waals surface area contributed by atoms with Crippen molar-refractivity contribution in [2.24, 2.45) is 11.3 Å². The maximum absolute atomic E-state index is 5.82. The largest absolute Gasteiger partial charge is 0.347 e. The maximum Gasteiger partial charge on any atom is 0.199 e. The van der Waals surface area contributed by atoms with Crippen molar-refractivity contribution in [3.05, 3.63) is 0 Å². The van der Waals surface area contributed by atoms with Crippen LogP contribution in [0.15, 0.2) is 0 Å². The van der Waals surface area contributed by atoms with Gasteiger partial charge < -0.3 is 4.53 Å². The van der Waals surface area contributed by atoms with Crippen LogP contribution in [0.2, 0.25) is 13.1 Å². The molecule has 84 valence electrons. The Kier molecular flexibility index (Phi) is 4.16. The fourth-order valence-electron chi connectivity index (χ4n) is 2.13. The zero-order valence-corrected chi connectivity index (χ0v) is 11.5. The molecule has 0 bridgehead atoms. The van der Waals surface area contributed by atoms with E-state index in [0.29, 0.717) is 5.41 Å². The van der Waals surface area contributed by atoms with Crippen LogP contribution < -0.4 is 0 Å². The molecule has 14 heavy (non-hydrogen) atoms. The molecule has 0 amide bonds. The van der Waals surface area contributed by atoms with Crippen molar-refractivity contribution in [2.75, 3.05) is 13.1 Å². The zero-order valence-electron chi connectivity index (χ0n) is 10.3. The molecule has 0 aromatic heterocycles. The summed E-state index contributed by atoms with van der Waals surface area (Å²) in [6.07, 6.45) is 2.59. The first-order chi connectivity index (χ1) is 6.39. The molecule has 0 aromatic carbocycles. The van der Waals surface area contributed by atoms with Crippen LogP contribution >= 0.6 is 0 Å². The average Bonchev–Trinajstić information content (AvgIpc) is 2.02. The van der Waals surface area contributed by atoms with Crippen molar-refractivity contribution < 1.29 is 4.53 Å². The predicted molar refractivity (Wildman–Crippen MR) is 63.7 cm³/mol. The van der Waals surface area contributed by atoms with Gasteiger partial charge in [0.25, 0.3) is 0 Å². The van der Waals surface area contributed by atoms with Gasteiger partial charge in [-0.25, -0.2) is 5.06 Å². The van der Waals surface area contributed by atoms with E-state index in [2.05, 4.69) is 38.9 Å². The Morgan fingerprint density at radius 2 is 1.64 bits per heavy atom. The minimum absolute atomic E-state index is 0.474. The first-order valence-corrected chi connectivity index (χ1v) is 8.59. The van der Waals surface area contributed by atoms with Crippen molar-refractivity contribution in [2.45, 2.75) is 46.7 Å². The first-order valence-electron chi connectivity index (χ1n) is 5.81. The predicted octanol–water partition coefficient (Wildman–Crippen LogP) is 2.66. The molecule has 0 saturated carbocycles. The van der Waals surface area contributed by atoms with E-state index < -0.39 is 9.04 Å². The molecular weight excluding hydrogens is 190 g/mol. The maximum atomic E-state index is 5.82. The highest BCUT2D eigenvalue weighted by Gasteiger charge is 2.29. The third kappa shape index (κ3) is 3.71. The normalized spacial score (nSPS) is 21.9. The molecule has 0 spiro atoms. The molecule has 1 fully saturated rings. The average molecular weight is 215 g/mol. The molecule has 1 saturated heterocycles. The van der Waals surface area contributed by atoms with E-state index in [1.807, 2.05) is 0 Å². The molecular formula is C11H25NOSi. The molecule has 1 rings (SSSR count). The fraction of sp³-hybridized carbons (Fsp3) is 1.00. The van der Waals surface area contributed by atoms with Gasteiger partial charge in [-0.15, -0.1) is 0 Å². The quantitative estimate of drug-likeness (QED) is 0.657. The highest BCUT2D eigenvalue weighted by Crippen LogP contribution is 2.34. The van der Waals surface area contributed by atoms with Gasteiger partial charge in [-0.05, 0) is 37.3 Å². The lowest BCUT2D eigenvalue weighted by molar-refractivity contribution is -0.0941. The third-order valence-corrected chi connectivity index (χ3v) is 3.76. The lowest BCUT2D eigenvalue weighted by Crippen LogP contribution is -2.40. The van der Waals surface area contributed by atoms with Gasteiger partial charge >= 0.3 is 0 Å². The molecule has 3 heteroatoms. The Morgan fingerprint density at radius 1 is 1.14 bits per heavy atom. The minimum Gasteiger partial charge on any atom is -0.347 e. The van der Waals surface area contributed by atoms with E-state index >= 15 is 0 Å². The molecule has 2 nitrogen and oxygen atoms in total. The molecule has 1 heterocycles. The van der Waals surface area contributed by atoms with Crippen LogP contribution in [-0.2, 0) is 4.53 Å². The number of rotatable bonds is 2. The number of hydrogen-bond donors (Lipinski definition) is 0. The van der Waals surface area contributed by atoms with Crippen LogP contribution in [-0.4, -0.2) is 27.2 Å². The van der Waals surface area contributed by atoms with Gasteiger partial charge in [-0.1, -0.05) is 20.8 Å². The van der Waals surface area contributed by atoms with E-state index in [-0.39, 0.29) is 0 Å². The summed E-state index contributed by atoms with van der Waals surface area (Å²) in [5.41, 5.74) is 0.474. The van der Waals surface area contributed by atoms with E-state index in [9.17, 15) is 0 Å². The Balaban J connectivity index is 2.31. The Labute approximate surface area is 90.3 Å². The van der Waals surface area contributed by atoms with Gasteiger partial charge in [0.05, 0.1) is 0 Å². The summed E-state index contributed by atoms with van der Waals surface area (Å²) in [7, 11) is -0.880. The SMILES string of the molecule is C[SiH](C)ON1CCC(C(C)(C)C)CC1. The molecule has 0 aromatic rings. The number of hydroxylamine groups is 2. The zero-order chi connectivity index (χ0) is 10.8. The molecule has 0 atom stereocenters. The second-order valence-electron chi connectivity index (χ2n) is 5.72. The van der Waals surface area contributed by atoms with Crippen LogP contribution in [0.4, 0.5) is 0 Å². The third-order valence-electron chi connectivity index (χ3n) is 3.04. The summed E-state index contributed by atoms with van der Waals surface area (Å²) in [5, 5.41) is 2.19. The minimum atomic E-state index is -0.880. The van der Waals surface area contributed by atoms with Gasteiger partial charge in [0.15, 0.2) is 9.04 Å². The molecule has 0 aliphatic carbocycles. The second-order valence-corrected chi connectivity index (χ2v) is 8.03. The van der Waals surface area contributed by atoms with Crippen molar-refractivity contribution in [3.8, 4) is 0 Å². The molecule has 0 radical (unpaired) electrons. The molecule has 0 N–H and O–H groups in total. The second kappa shape index (κ2) is 4.77. The van der Waals surface area contributed by atoms with Gasteiger partial charge in [-0.2, -0.15) is 0 Å².